The molecule has 3 aromatic rings. The van der Waals surface area contributed by atoms with E-state index in [1.165, 1.54) is 6.07 Å². The Kier molecular flexibility index (Phi) is 4.66. The summed E-state index contributed by atoms with van der Waals surface area (Å²) < 4.78 is 39.8. The van der Waals surface area contributed by atoms with Gasteiger partial charge in [-0.15, -0.1) is 0 Å². The summed E-state index contributed by atoms with van der Waals surface area (Å²) in [7, 11) is 0. The summed E-state index contributed by atoms with van der Waals surface area (Å²) in [5, 5.41) is 0. The molecule has 1 aliphatic rings. The third-order valence-corrected chi connectivity index (χ3v) is 4.85. The topological polar surface area (TPSA) is 29.4 Å². The highest BCUT2D eigenvalue weighted by molar-refractivity contribution is 6.48. The van der Waals surface area contributed by atoms with E-state index in [1.807, 2.05) is 61.5 Å². The third-order valence-electron chi connectivity index (χ3n) is 4.85. The second-order valence-electron chi connectivity index (χ2n) is 6.83. The zero-order valence-corrected chi connectivity index (χ0v) is 15.5. The van der Waals surface area contributed by atoms with Gasteiger partial charge in [-0.2, -0.15) is 13.2 Å². The van der Waals surface area contributed by atoms with Crippen LogP contribution < -0.4 is 0 Å². The van der Waals surface area contributed by atoms with Crippen LogP contribution in [0.3, 0.4) is 0 Å². The number of aliphatic imine (C=N–C) groups is 1. The van der Waals surface area contributed by atoms with Gasteiger partial charge in [0.15, 0.2) is 6.29 Å². The number of hydrogen-bond acceptors (Lipinski definition) is 2. The molecule has 0 saturated heterocycles. The van der Waals surface area contributed by atoms with Crippen molar-refractivity contribution < 1.29 is 18.0 Å². The number of benzene rings is 3. The fourth-order valence-corrected chi connectivity index (χ4v) is 3.43. The molecule has 0 spiro atoms. The number of allylic oxidation sites excluding steroid dienone is 2. The molecule has 0 heterocycles. The van der Waals surface area contributed by atoms with E-state index in [0.29, 0.717) is 28.8 Å². The van der Waals surface area contributed by atoms with E-state index in [-0.39, 0.29) is 11.1 Å². The number of carbonyl (C=O) groups excluding carboxylic acids is 1. The van der Waals surface area contributed by atoms with Crippen LogP contribution >= 0.6 is 0 Å². The molecule has 2 nitrogen and oxygen atoms in total. The first-order chi connectivity index (χ1) is 13.9. The van der Waals surface area contributed by atoms with Crippen molar-refractivity contribution >= 4 is 28.8 Å². The van der Waals surface area contributed by atoms with Gasteiger partial charge in [-0.25, -0.2) is 4.99 Å². The van der Waals surface area contributed by atoms with Gasteiger partial charge in [0.05, 0.1) is 17.0 Å². The second kappa shape index (κ2) is 7.17. The van der Waals surface area contributed by atoms with Crippen molar-refractivity contribution in [2.24, 2.45) is 4.99 Å². The number of rotatable bonds is 3. The van der Waals surface area contributed by atoms with Crippen LogP contribution in [0.15, 0.2) is 77.8 Å². The number of aryl methyl sites for hydroxylation is 1. The standard InChI is InChI=1S/C24H16F3NO/c1-15-7-10-18(11-8-15)28-23-19-12-9-17(24(25,26)27)13-20(19)21(14-29)22(23)16-5-3-2-4-6-16/h2-14H,1H3. The first-order valence-corrected chi connectivity index (χ1v) is 9.01. The summed E-state index contributed by atoms with van der Waals surface area (Å²) >= 11 is 0. The third kappa shape index (κ3) is 3.51. The average Bonchev–Trinajstić information content (AvgIpc) is 3.02. The van der Waals surface area contributed by atoms with Gasteiger partial charge in [0.1, 0.15) is 0 Å². The van der Waals surface area contributed by atoms with Crippen molar-refractivity contribution in [2.45, 2.75) is 13.1 Å². The summed E-state index contributed by atoms with van der Waals surface area (Å²) in [6.45, 7) is 1.96. The Morgan fingerprint density at radius 1 is 0.862 bits per heavy atom. The molecule has 0 radical (unpaired) electrons. The monoisotopic (exact) mass is 391 g/mol. The Balaban J connectivity index is 1.99. The molecule has 5 heteroatoms. The number of halogens is 3. The summed E-state index contributed by atoms with van der Waals surface area (Å²) in [6.07, 6.45) is -3.88. The minimum atomic E-state index is -4.49. The summed E-state index contributed by atoms with van der Waals surface area (Å²) in [5.41, 5.74) is 3.67. The maximum Gasteiger partial charge on any atom is 0.416 e. The van der Waals surface area contributed by atoms with Crippen LogP contribution in [0, 0.1) is 6.92 Å². The summed E-state index contributed by atoms with van der Waals surface area (Å²) in [6, 6.07) is 20.1. The lowest BCUT2D eigenvalue weighted by Crippen LogP contribution is -2.06. The fraction of sp³-hybridized carbons (Fsp3) is 0.0833. The number of carbonyl (C=O) groups is 1. The maximum absolute atomic E-state index is 13.3. The van der Waals surface area contributed by atoms with Gasteiger partial charge >= 0.3 is 6.18 Å². The zero-order chi connectivity index (χ0) is 20.6. The quantitative estimate of drug-likeness (QED) is 0.485. The van der Waals surface area contributed by atoms with Crippen molar-refractivity contribution in [3.05, 3.63) is 101 Å². The predicted molar refractivity (Wildman–Crippen MR) is 108 cm³/mol. The smallest absolute Gasteiger partial charge is 0.298 e. The van der Waals surface area contributed by atoms with Crippen molar-refractivity contribution in [3.8, 4) is 0 Å². The fourth-order valence-electron chi connectivity index (χ4n) is 3.43. The van der Waals surface area contributed by atoms with E-state index in [1.54, 1.807) is 0 Å². The van der Waals surface area contributed by atoms with Crippen LogP contribution in [0.25, 0.3) is 11.1 Å². The molecule has 0 aliphatic heterocycles. The molecule has 0 unspecified atom stereocenters. The second-order valence-corrected chi connectivity index (χ2v) is 6.83. The Bertz CT molecular complexity index is 1140. The largest absolute Gasteiger partial charge is 0.416 e. The van der Waals surface area contributed by atoms with Gasteiger partial charge in [0, 0.05) is 16.7 Å². The lowest BCUT2D eigenvalue weighted by atomic mass is 9.99. The number of fused-ring (bicyclic) bond motifs is 1. The minimum Gasteiger partial charge on any atom is -0.298 e. The number of alkyl halides is 3. The van der Waals surface area contributed by atoms with Crippen LogP contribution in [0.4, 0.5) is 18.9 Å². The maximum atomic E-state index is 13.3. The van der Waals surface area contributed by atoms with E-state index >= 15 is 0 Å². The molecule has 0 amide bonds. The van der Waals surface area contributed by atoms with E-state index in [2.05, 4.69) is 0 Å². The lowest BCUT2D eigenvalue weighted by Gasteiger charge is -2.10. The van der Waals surface area contributed by atoms with E-state index in [9.17, 15) is 18.0 Å². The Morgan fingerprint density at radius 3 is 2.17 bits per heavy atom. The van der Waals surface area contributed by atoms with E-state index in [4.69, 9.17) is 4.99 Å². The van der Waals surface area contributed by atoms with Crippen molar-refractivity contribution in [2.75, 3.05) is 0 Å². The highest BCUT2D eigenvalue weighted by Gasteiger charge is 2.35. The minimum absolute atomic E-state index is 0.211. The van der Waals surface area contributed by atoms with Crippen molar-refractivity contribution in [1.29, 1.82) is 0 Å². The molecule has 29 heavy (non-hydrogen) atoms. The molecule has 0 aromatic heterocycles. The van der Waals surface area contributed by atoms with Crippen molar-refractivity contribution in [1.82, 2.24) is 0 Å². The number of aldehydes is 1. The van der Waals surface area contributed by atoms with Gasteiger partial charge in [0.2, 0.25) is 0 Å². The lowest BCUT2D eigenvalue weighted by molar-refractivity contribution is -0.137. The first-order valence-electron chi connectivity index (χ1n) is 9.01. The van der Waals surface area contributed by atoms with Gasteiger partial charge in [-0.3, -0.25) is 4.79 Å². The SMILES string of the molecule is Cc1ccc(N=C2C(c3ccccc3)=C(C=O)c3cc(C(F)(F)F)ccc32)cc1. The van der Waals surface area contributed by atoms with Gasteiger partial charge in [-0.1, -0.05) is 54.1 Å². The molecular weight excluding hydrogens is 375 g/mol. The molecule has 0 atom stereocenters. The molecule has 0 saturated carbocycles. The van der Waals surface area contributed by atoms with E-state index in [0.717, 1.165) is 23.3 Å². The molecule has 0 bridgehead atoms. The first kappa shape index (κ1) is 18.9. The van der Waals surface area contributed by atoms with Gasteiger partial charge < -0.3 is 0 Å². The van der Waals surface area contributed by atoms with Crippen LogP contribution in [-0.4, -0.2) is 12.0 Å². The highest BCUT2D eigenvalue weighted by Crippen LogP contribution is 2.41. The molecule has 1 aliphatic carbocycles. The highest BCUT2D eigenvalue weighted by atomic mass is 19.4. The summed E-state index contributed by atoms with van der Waals surface area (Å²) in [4.78, 5) is 16.7. The van der Waals surface area contributed by atoms with Crippen LogP contribution in [0.1, 0.15) is 27.8 Å². The Morgan fingerprint density at radius 2 is 1.55 bits per heavy atom. The molecule has 0 N–H and O–H groups in total. The van der Waals surface area contributed by atoms with E-state index < -0.39 is 11.7 Å². The molecule has 144 valence electrons. The molecular formula is C24H16F3NO. The van der Waals surface area contributed by atoms with Gasteiger partial charge in [0.25, 0.3) is 0 Å². The van der Waals surface area contributed by atoms with Gasteiger partial charge in [-0.05, 0) is 42.3 Å². The predicted octanol–water partition coefficient (Wildman–Crippen LogP) is 6.26. The van der Waals surface area contributed by atoms with Crippen LogP contribution in [-0.2, 0) is 11.0 Å². The van der Waals surface area contributed by atoms with Crippen LogP contribution in [0.5, 0.6) is 0 Å². The molecule has 3 aromatic carbocycles. The van der Waals surface area contributed by atoms with Crippen molar-refractivity contribution in [3.63, 3.8) is 0 Å². The molecule has 4 rings (SSSR count). The Hall–Kier alpha value is -3.47. The number of hydrogen-bond donors (Lipinski definition) is 0. The normalized spacial score (nSPS) is 15.0. The molecule has 0 fully saturated rings. The van der Waals surface area contributed by atoms with Crippen LogP contribution in [0.2, 0.25) is 0 Å². The zero-order valence-electron chi connectivity index (χ0n) is 15.5. The summed E-state index contributed by atoms with van der Waals surface area (Å²) in [5.74, 6) is 0. The Labute approximate surface area is 166 Å². The number of nitrogens with zero attached hydrogens (tertiary/aromatic N) is 1. The average molecular weight is 391 g/mol.